The maximum atomic E-state index is 5.52. The molecule has 1 heterocycles. The van der Waals surface area contributed by atoms with Gasteiger partial charge in [0.25, 0.3) is 0 Å². The minimum atomic E-state index is 0.190. The van der Waals surface area contributed by atoms with E-state index in [1.165, 1.54) is 11.1 Å². The van der Waals surface area contributed by atoms with Gasteiger partial charge in [-0.3, -0.25) is 4.68 Å². The van der Waals surface area contributed by atoms with Crippen LogP contribution in [0.1, 0.15) is 36.7 Å². The van der Waals surface area contributed by atoms with Crippen molar-refractivity contribution in [3.05, 3.63) is 53.3 Å². The van der Waals surface area contributed by atoms with Crippen LogP contribution < -0.4 is 5.32 Å². The molecule has 0 aliphatic carbocycles. The highest BCUT2D eigenvalue weighted by atomic mass is 32.1. The summed E-state index contributed by atoms with van der Waals surface area (Å²) >= 11 is 5.52. The van der Waals surface area contributed by atoms with Gasteiger partial charge in [0.2, 0.25) is 0 Å². The van der Waals surface area contributed by atoms with Crippen molar-refractivity contribution in [2.45, 2.75) is 39.9 Å². The van der Waals surface area contributed by atoms with Crippen LogP contribution in [0.2, 0.25) is 0 Å². The van der Waals surface area contributed by atoms with E-state index in [4.69, 9.17) is 12.2 Å². The van der Waals surface area contributed by atoms with E-state index in [1.807, 2.05) is 36.9 Å². The Hall–Kier alpha value is -1.88. The fraction of sp³-hybridized carbons (Fsp3) is 0.412. The third kappa shape index (κ3) is 4.07. The van der Waals surface area contributed by atoms with E-state index in [1.54, 1.807) is 0 Å². The van der Waals surface area contributed by atoms with Gasteiger partial charge in [0.05, 0.1) is 11.7 Å². The van der Waals surface area contributed by atoms with E-state index in [0.29, 0.717) is 0 Å². The lowest BCUT2D eigenvalue weighted by Gasteiger charge is -2.24. The summed E-state index contributed by atoms with van der Waals surface area (Å²) in [5.74, 6) is 0. The Morgan fingerprint density at radius 3 is 2.64 bits per heavy atom. The Morgan fingerprint density at radius 1 is 1.36 bits per heavy atom. The first-order valence-electron chi connectivity index (χ1n) is 7.60. The zero-order chi connectivity index (χ0) is 16.1. The molecular formula is C17H24N4S. The number of aryl methyl sites for hydroxylation is 2. The molecule has 1 N–H and O–H groups in total. The van der Waals surface area contributed by atoms with Crippen molar-refractivity contribution in [3.63, 3.8) is 0 Å². The van der Waals surface area contributed by atoms with Gasteiger partial charge in [-0.05, 0) is 38.6 Å². The van der Waals surface area contributed by atoms with E-state index in [2.05, 4.69) is 47.5 Å². The van der Waals surface area contributed by atoms with E-state index < -0.39 is 0 Å². The van der Waals surface area contributed by atoms with Gasteiger partial charge in [0, 0.05) is 31.9 Å². The number of aromatic nitrogens is 2. The van der Waals surface area contributed by atoms with Crippen LogP contribution in [0.25, 0.3) is 0 Å². The summed E-state index contributed by atoms with van der Waals surface area (Å²) in [5, 5.41) is 8.61. The molecule has 2 rings (SSSR count). The highest BCUT2D eigenvalue weighted by Crippen LogP contribution is 2.13. The molecule has 1 unspecified atom stereocenters. The smallest absolute Gasteiger partial charge is 0.169 e. The highest BCUT2D eigenvalue weighted by molar-refractivity contribution is 7.80. The first-order chi connectivity index (χ1) is 10.5. The molecule has 0 fully saturated rings. The Balaban J connectivity index is 1.95. The number of thiocarbonyl (C=S) groups is 1. The fourth-order valence-corrected chi connectivity index (χ4v) is 2.57. The lowest BCUT2D eigenvalue weighted by atomic mass is 10.1. The summed E-state index contributed by atoms with van der Waals surface area (Å²) in [4.78, 5) is 2.05. The van der Waals surface area contributed by atoms with Gasteiger partial charge >= 0.3 is 0 Å². The maximum absolute atomic E-state index is 5.52. The van der Waals surface area contributed by atoms with E-state index in [0.717, 1.165) is 23.9 Å². The molecule has 0 aliphatic heterocycles. The molecule has 0 radical (unpaired) electrons. The lowest BCUT2D eigenvalue weighted by Crippen LogP contribution is -2.38. The average molecular weight is 316 g/mol. The summed E-state index contributed by atoms with van der Waals surface area (Å²) < 4.78 is 1.96. The minimum Gasteiger partial charge on any atom is -0.356 e. The topological polar surface area (TPSA) is 33.1 Å². The van der Waals surface area contributed by atoms with Crippen LogP contribution in [-0.4, -0.2) is 26.8 Å². The SMILES string of the molecule is CCn1cc(CN(C)C(=S)NC(C)c2ccccc2)c(C)n1. The number of rotatable bonds is 5. The molecule has 0 saturated heterocycles. The van der Waals surface area contributed by atoms with Gasteiger partial charge < -0.3 is 10.2 Å². The Bertz CT molecular complexity index is 621. The monoisotopic (exact) mass is 316 g/mol. The largest absolute Gasteiger partial charge is 0.356 e. The molecule has 1 aromatic heterocycles. The van der Waals surface area contributed by atoms with Gasteiger partial charge in [-0.15, -0.1) is 0 Å². The van der Waals surface area contributed by atoms with Gasteiger partial charge in [-0.25, -0.2) is 0 Å². The summed E-state index contributed by atoms with van der Waals surface area (Å²) in [7, 11) is 2.01. The first kappa shape index (κ1) is 16.5. The summed E-state index contributed by atoms with van der Waals surface area (Å²) in [6, 6.07) is 10.5. The molecule has 0 amide bonds. The molecule has 4 nitrogen and oxygen atoms in total. The second kappa shape index (κ2) is 7.40. The van der Waals surface area contributed by atoms with Gasteiger partial charge in [-0.2, -0.15) is 5.10 Å². The van der Waals surface area contributed by atoms with E-state index in [-0.39, 0.29) is 6.04 Å². The quantitative estimate of drug-likeness (QED) is 0.858. The molecule has 1 aromatic carbocycles. The summed E-state index contributed by atoms with van der Waals surface area (Å²) in [6.45, 7) is 7.90. The molecule has 0 bridgehead atoms. The number of hydrogen-bond acceptors (Lipinski definition) is 2. The van der Waals surface area contributed by atoms with Crippen LogP contribution in [0.15, 0.2) is 36.5 Å². The number of nitrogens with zero attached hydrogens (tertiary/aromatic N) is 3. The van der Waals surface area contributed by atoms with Crippen LogP contribution in [0.5, 0.6) is 0 Å². The maximum Gasteiger partial charge on any atom is 0.169 e. The van der Waals surface area contributed by atoms with Crippen LogP contribution in [0.4, 0.5) is 0 Å². The molecule has 0 aliphatic rings. The van der Waals surface area contributed by atoms with Crippen molar-refractivity contribution in [1.82, 2.24) is 20.0 Å². The molecule has 0 saturated carbocycles. The Kier molecular flexibility index (Phi) is 5.55. The third-order valence-corrected chi connectivity index (χ3v) is 4.20. The third-order valence-electron chi connectivity index (χ3n) is 3.77. The van der Waals surface area contributed by atoms with Gasteiger partial charge in [-0.1, -0.05) is 30.3 Å². The second-order valence-corrected chi connectivity index (χ2v) is 5.92. The number of benzene rings is 1. The van der Waals surface area contributed by atoms with Crippen molar-refractivity contribution >= 4 is 17.3 Å². The minimum absolute atomic E-state index is 0.190. The van der Waals surface area contributed by atoms with E-state index >= 15 is 0 Å². The second-order valence-electron chi connectivity index (χ2n) is 5.53. The van der Waals surface area contributed by atoms with Crippen LogP contribution in [0, 0.1) is 6.92 Å². The van der Waals surface area contributed by atoms with Crippen molar-refractivity contribution in [3.8, 4) is 0 Å². The molecule has 2 aromatic rings. The molecular weight excluding hydrogens is 292 g/mol. The van der Waals surface area contributed by atoms with Crippen LogP contribution >= 0.6 is 12.2 Å². The number of nitrogens with one attached hydrogen (secondary N) is 1. The molecule has 118 valence electrons. The zero-order valence-corrected chi connectivity index (χ0v) is 14.5. The van der Waals surface area contributed by atoms with Crippen LogP contribution in [-0.2, 0) is 13.1 Å². The molecule has 5 heteroatoms. The predicted molar refractivity (Wildman–Crippen MR) is 94.7 cm³/mol. The van der Waals surface area contributed by atoms with Crippen LogP contribution in [0.3, 0.4) is 0 Å². The summed E-state index contributed by atoms with van der Waals surface area (Å²) in [5.41, 5.74) is 3.50. The van der Waals surface area contributed by atoms with Crippen molar-refractivity contribution in [1.29, 1.82) is 0 Å². The Morgan fingerprint density at radius 2 is 2.05 bits per heavy atom. The average Bonchev–Trinajstić information content (AvgIpc) is 2.88. The van der Waals surface area contributed by atoms with Crippen molar-refractivity contribution < 1.29 is 0 Å². The fourth-order valence-electron chi connectivity index (χ4n) is 2.32. The predicted octanol–water partition coefficient (Wildman–Crippen LogP) is 3.28. The standard InChI is InChI=1S/C17H24N4S/c1-5-21-12-16(14(3)19-21)11-20(4)17(22)18-13(2)15-9-7-6-8-10-15/h6-10,12-13H,5,11H2,1-4H3,(H,18,22). The molecule has 1 atom stereocenters. The van der Waals surface area contributed by atoms with Gasteiger partial charge in [0.15, 0.2) is 5.11 Å². The Labute approximate surface area is 138 Å². The van der Waals surface area contributed by atoms with Crippen molar-refractivity contribution in [2.24, 2.45) is 0 Å². The normalized spacial score (nSPS) is 12.0. The van der Waals surface area contributed by atoms with Gasteiger partial charge in [0.1, 0.15) is 0 Å². The van der Waals surface area contributed by atoms with Crippen molar-refractivity contribution in [2.75, 3.05) is 7.05 Å². The first-order valence-corrected chi connectivity index (χ1v) is 8.01. The van der Waals surface area contributed by atoms with E-state index in [9.17, 15) is 0 Å². The summed E-state index contributed by atoms with van der Waals surface area (Å²) in [6.07, 6.45) is 2.09. The lowest BCUT2D eigenvalue weighted by molar-refractivity contribution is 0.477. The molecule has 0 spiro atoms. The highest BCUT2D eigenvalue weighted by Gasteiger charge is 2.12. The number of hydrogen-bond donors (Lipinski definition) is 1. The molecule has 22 heavy (non-hydrogen) atoms. The zero-order valence-electron chi connectivity index (χ0n) is 13.7.